The molecule has 4 N–H and O–H groups in total. The molecule has 0 aromatic rings. The minimum absolute atomic E-state index is 0.0278. The summed E-state index contributed by atoms with van der Waals surface area (Å²) in [5.41, 5.74) is 0. The molecular weight excluding hydrogens is 272 g/mol. The lowest BCUT2D eigenvalue weighted by Gasteiger charge is -2.04. The average molecular weight is 300 g/mol. The lowest BCUT2D eigenvalue weighted by atomic mass is 10.7. The van der Waals surface area contributed by atoms with Crippen LogP contribution in [0.2, 0.25) is 0 Å². The van der Waals surface area contributed by atoms with Crippen molar-refractivity contribution >= 4 is 0 Å². The summed E-state index contributed by atoms with van der Waals surface area (Å²) in [7, 11) is 0. The molecule has 8 nitrogen and oxygen atoms in total. The van der Waals surface area contributed by atoms with Gasteiger partial charge in [0.2, 0.25) is 0 Å². The summed E-state index contributed by atoms with van der Waals surface area (Å²) in [6.07, 6.45) is 0. The van der Waals surface area contributed by atoms with Crippen LogP contribution in [0.15, 0.2) is 0 Å². The molecule has 0 radical (unpaired) electrons. The van der Waals surface area contributed by atoms with E-state index in [0.717, 1.165) is 0 Å². The monoisotopic (exact) mass is 300 g/mol. The molecule has 0 aliphatic heterocycles. The zero-order valence-electron chi connectivity index (χ0n) is 11.9. The van der Waals surface area contributed by atoms with Crippen LogP contribution < -0.4 is 0 Å². The number of aliphatic hydroxyl groups is 4. The molecule has 20 heavy (non-hydrogen) atoms. The molecule has 0 bridgehead atoms. The van der Waals surface area contributed by atoms with Gasteiger partial charge in [-0.3, -0.25) is 0 Å². The zero-order valence-corrected chi connectivity index (χ0v) is 11.9. The van der Waals surface area contributed by atoms with Gasteiger partial charge in [0.25, 0.3) is 0 Å². The minimum atomic E-state index is 0.0278. The highest BCUT2D eigenvalue weighted by atomic mass is 16.5. The lowest BCUT2D eigenvalue weighted by molar-refractivity contribution is 0.00230. The Hall–Kier alpha value is -0.320. The van der Waals surface area contributed by atoms with Gasteiger partial charge in [-0.15, -0.1) is 0 Å². The van der Waals surface area contributed by atoms with Crippen molar-refractivity contribution in [3.05, 3.63) is 0 Å². The molecule has 0 rings (SSSR count). The summed E-state index contributed by atoms with van der Waals surface area (Å²) in [5, 5.41) is 32.9. The van der Waals surface area contributed by atoms with E-state index in [0.29, 0.717) is 52.9 Å². The number of hydrogen-bond donors (Lipinski definition) is 4. The van der Waals surface area contributed by atoms with E-state index in [2.05, 4.69) is 4.74 Å². The third-order valence-corrected chi connectivity index (χ3v) is 1.69. The molecule has 0 aromatic heterocycles. The standard InChI is InChI=1S/C8H18O5.C4H10O3/c9-1-3-11-5-7-13-8-6-12-4-2-10;5-1-3-7-4-2-6/h9-10H,1-8H2;5-6H,1-4H2. The first-order chi connectivity index (χ1) is 9.83. The fraction of sp³-hybridized carbons (Fsp3) is 1.00. The topological polar surface area (TPSA) is 118 Å². The Kier molecular flexibility index (Phi) is 26.1. The third kappa shape index (κ3) is 26.3. The van der Waals surface area contributed by atoms with Crippen LogP contribution in [0.1, 0.15) is 0 Å². The van der Waals surface area contributed by atoms with Crippen LogP contribution in [0, 0.1) is 0 Å². The summed E-state index contributed by atoms with van der Waals surface area (Å²) in [5.74, 6) is 0. The first kappa shape index (κ1) is 22.0. The Morgan fingerprint density at radius 2 is 0.550 bits per heavy atom. The molecule has 0 unspecified atom stereocenters. The third-order valence-electron chi connectivity index (χ3n) is 1.69. The molecule has 0 fully saturated rings. The van der Waals surface area contributed by atoms with Crippen LogP contribution in [-0.2, 0) is 18.9 Å². The largest absolute Gasteiger partial charge is 0.394 e. The van der Waals surface area contributed by atoms with Gasteiger partial charge in [-0.1, -0.05) is 0 Å². The van der Waals surface area contributed by atoms with Crippen LogP contribution in [0.3, 0.4) is 0 Å². The maximum Gasteiger partial charge on any atom is 0.0701 e. The molecule has 0 atom stereocenters. The molecule has 124 valence electrons. The van der Waals surface area contributed by atoms with Crippen LogP contribution >= 0.6 is 0 Å². The SMILES string of the molecule is OCCOCCO.OCCOCCOCCOCCO. The van der Waals surface area contributed by atoms with Gasteiger partial charge in [0.1, 0.15) is 0 Å². The van der Waals surface area contributed by atoms with Gasteiger partial charge in [0.15, 0.2) is 0 Å². The molecule has 0 spiro atoms. The molecular formula is C12H28O8. The molecule has 8 heteroatoms. The van der Waals surface area contributed by atoms with Gasteiger partial charge in [0, 0.05) is 0 Å². The molecule has 0 amide bonds. The van der Waals surface area contributed by atoms with Crippen molar-refractivity contribution < 1.29 is 39.4 Å². The van der Waals surface area contributed by atoms with E-state index >= 15 is 0 Å². The van der Waals surface area contributed by atoms with E-state index in [4.69, 9.17) is 34.6 Å². The summed E-state index contributed by atoms with van der Waals surface area (Å²) >= 11 is 0. The summed E-state index contributed by atoms with van der Waals surface area (Å²) in [6.45, 7) is 3.46. The number of aliphatic hydroxyl groups excluding tert-OH is 4. The van der Waals surface area contributed by atoms with E-state index in [1.165, 1.54) is 0 Å². The highest BCUT2D eigenvalue weighted by Gasteiger charge is 1.89. The van der Waals surface area contributed by atoms with Crippen molar-refractivity contribution in [2.45, 2.75) is 0 Å². The second-order valence-electron chi connectivity index (χ2n) is 3.34. The van der Waals surface area contributed by atoms with Crippen molar-refractivity contribution in [3.8, 4) is 0 Å². The van der Waals surface area contributed by atoms with Gasteiger partial charge in [-0.05, 0) is 0 Å². The van der Waals surface area contributed by atoms with Crippen molar-refractivity contribution in [1.82, 2.24) is 0 Å². The normalized spacial score (nSPS) is 10.2. The Balaban J connectivity index is 0. The highest BCUT2D eigenvalue weighted by Crippen LogP contribution is 1.80. The maximum absolute atomic E-state index is 8.36. The highest BCUT2D eigenvalue weighted by molar-refractivity contribution is 4.33. The fourth-order valence-electron chi connectivity index (χ4n) is 0.902. The second-order valence-corrected chi connectivity index (χ2v) is 3.34. The maximum atomic E-state index is 8.36. The molecule has 0 aliphatic rings. The van der Waals surface area contributed by atoms with Gasteiger partial charge >= 0.3 is 0 Å². The average Bonchev–Trinajstić information content (AvgIpc) is 2.47. The molecule has 0 heterocycles. The van der Waals surface area contributed by atoms with Crippen molar-refractivity contribution in [3.63, 3.8) is 0 Å². The Morgan fingerprint density at radius 1 is 0.350 bits per heavy atom. The van der Waals surface area contributed by atoms with E-state index in [1.54, 1.807) is 0 Å². The van der Waals surface area contributed by atoms with Crippen molar-refractivity contribution in [2.75, 3.05) is 79.3 Å². The van der Waals surface area contributed by atoms with Crippen molar-refractivity contribution in [1.29, 1.82) is 0 Å². The number of ether oxygens (including phenoxy) is 4. The predicted molar refractivity (Wildman–Crippen MR) is 71.6 cm³/mol. The Morgan fingerprint density at radius 3 is 0.800 bits per heavy atom. The first-order valence-electron chi connectivity index (χ1n) is 6.57. The summed E-state index contributed by atoms with van der Waals surface area (Å²) in [6, 6.07) is 0. The summed E-state index contributed by atoms with van der Waals surface area (Å²) < 4.78 is 19.7. The summed E-state index contributed by atoms with van der Waals surface area (Å²) in [4.78, 5) is 0. The van der Waals surface area contributed by atoms with Crippen LogP contribution in [-0.4, -0.2) is 99.7 Å². The molecule has 0 aliphatic carbocycles. The van der Waals surface area contributed by atoms with E-state index in [1.807, 2.05) is 0 Å². The van der Waals surface area contributed by atoms with E-state index < -0.39 is 0 Å². The van der Waals surface area contributed by atoms with Crippen LogP contribution in [0.4, 0.5) is 0 Å². The Bertz CT molecular complexity index is 133. The fourth-order valence-corrected chi connectivity index (χ4v) is 0.902. The smallest absolute Gasteiger partial charge is 0.0701 e. The van der Waals surface area contributed by atoms with Crippen LogP contribution in [0.25, 0.3) is 0 Å². The predicted octanol–water partition coefficient (Wildman–Crippen LogP) is -1.99. The van der Waals surface area contributed by atoms with Gasteiger partial charge < -0.3 is 39.4 Å². The van der Waals surface area contributed by atoms with E-state index in [9.17, 15) is 0 Å². The molecule has 0 saturated heterocycles. The molecule has 0 aromatic carbocycles. The number of rotatable bonds is 14. The van der Waals surface area contributed by atoms with Crippen LogP contribution in [0.5, 0.6) is 0 Å². The Labute approximate surface area is 119 Å². The first-order valence-corrected chi connectivity index (χ1v) is 6.57. The minimum Gasteiger partial charge on any atom is -0.394 e. The quantitative estimate of drug-likeness (QED) is 0.272. The lowest BCUT2D eigenvalue weighted by Crippen LogP contribution is -2.11. The van der Waals surface area contributed by atoms with Crippen molar-refractivity contribution in [2.24, 2.45) is 0 Å². The second kappa shape index (κ2) is 23.7. The molecule has 0 saturated carbocycles. The van der Waals surface area contributed by atoms with Gasteiger partial charge in [0.05, 0.1) is 79.3 Å². The van der Waals surface area contributed by atoms with Gasteiger partial charge in [-0.25, -0.2) is 0 Å². The van der Waals surface area contributed by atoms with E-state index in [-0.39, 0.29) is 26.4 Å². The number of hydrogen-bond acceptors (Lipinski definition) is 8. The zero-order chi connectivity index (χ0) is 15.3. The van der Waals surface area contributed by atoms with Gasteiger partial charge in [-0.2, -0.15) is 0 Å².